The number of nitrogens with zero attached hydrogens (tertiary/aromatic N) is 1. The van der Waals surface area contributed by atoms with Gasteiger partial charge < -0.3 is 14.8 Å². The van der Waals surface area contributed by atoms with Gasteiger partial charge in [0, 0.05) is 19.3 Å². The van der Waals surface area contributed by atoms with Crippen LogP contribution >= 0.6 is 0 Å². The lowest BCUT2D eigenvalue weighted by atomic mass is 10.3. The van der Waals surface area contributed by atoms with Gasteiger partial charge in [-0.2, -0.15) is 0 Å². The molecule has 0 saturated carbocycles. The molecule has 102 valence electrons. The fraction of sp³-hybridized carbons (Fsp3) is 0.643. The first-order chi connectivity index (χ1) is 8.74. The molecular formula is C14H24N2O2. The number of anilines is 1. The number of rotatable bonds is 9. The van der Waals surface area contributed by atoms with Crippen molar-refractivity contribution in [1.82, 2.24) is 4.98 Å². The molecule has 0 bridgehead atoms. The summed E-state index contributed by atoms with van der Waals surface area (Å²) in [5.74, 6) is 1.64. The fourth-order valence-electron chi connectivity index (χ4n) is 1.55. The molecule has 4 heteroatoms. The van der Waals surface area contributed by atoms with Gasteiger partial charge in [0.05, 0.1) is 12.7 Å². The number of pyridine rings is 1. The number of hydrogen-bond acceptors (Lipinski definition) is 4. The summed E-state index contributed by atoms with van der Waals surface area (Å²) in [6.07, 6.45) is 4.21. The van der Waals surface area contributed by atoms with Gasteiger partial charge in [-0.05, 0) is 45.7 Å². The molecule has 1 rings (SSSR count). The Labute approximate surface area is 110 Å². The van der Waals surface area contributed by atoms with E-state index in [0.717, 1.165) is 37.6 Å². The minimum atomic E-state index is 0.318. The van der Waals surface area contributed by atoms with E-state index >= 15 is 0 Å². The third kappa shape index (κ3) is 5.87. The second-order valence-corrected chi connectivity index (χ2v) is 4.34. The van der Waals surface area contributed by atoms with Crippen LogP contribution in [-0.2, 0) is 4.74 Å². The lowest BCUT2D eigenvalue weighted by Gasteiger charge is -2.11. The molecule has 0 atom stereocenters. The van der Waals surface area contributed by atoms with Crippen LogP contribution in [-0.4, -0.2) is 30.8 Å². The molecule has 0 aliphatic carbocycles. The summed E-state index contributed by atoms with van der Waals surface area (Å²) in [6.45, 7) is 8.45. The van der Waals surface area contributed by atoms with Crippen molar-refractivity contribution in [3.8, 4) is 5.75 Å². The Kier molecular flexibility index (Phi) is 7.18. The van der Waals surface area contributed by atoms with Crippen LogP contribution < -0.4 is 10.1 Å². The van der Waals surface area contributed by atoms with Crippen molar-refractivity contribution in [3.63, 3.8) is 0 Å². The van der Waals surface area contributed by atoms with E-state index in [1.54, 1.807) is 6.20 Å². The van der Waals surface area contributed by atoms with Crippen LogP contribution in [0.3, 0.4) is 0 Å². The molecule has 0 saturated heterocycles. The SMILES string of the molecule is CCOc1cccnc1NCCCCOC(C)C. The van der Waals surface area contributed by atoms with Gasteiger partial charge in [-0.15, -0.1) is 0 Å². The molecule has 0 unspecified atom stereocenters. The van der Waals surface area contributed by atoms with Crippen molar-refractivity contribution < 1.29 is 9.47 Å². The minimum Gasteiger partial charge on any atom is -0.490 e. The summed E-state index contributed by atoms with van der Waals surface area (Å²) in [4.78, 5) is 4.28. The molecular weight excluding hydrogens is 228 g/mol. The zero-order chi connectivity index (χ0) is 13.2. The summed E-state index contributed by atoms with van der Waals surface area (Å²) >= 11 is 0. The van der Waals surface area contributed by atoms with E-state index in [4.69, 9.17) is 9.47 Å². The van der Waals surface area contributed by atoms with Crippen LogP contribution in [0.4, 0.5) is 5.82 Å². The molecule has 18 heavy (non-hydrogen) atoms. The molecule has 1 aromatic heterocycles. The smallest absolute Gasteiger partial charge is 0.168 e. The Morgan fingerprint density at radius 3 is 2.89 bits per heavy atom. The summed E-state index contributed by atoms with van der Waals surface area (Å²) in [7, 11) is 0. The molecule has 0 spiro atoms. The summed E-state index contributed by atoms with van der Waals surface area (Å²) < 4.78 is 11.0. The summed E-state index contributed by atoms with van der Waals surface area (Å²) in [5.41, 5.74) is 0. The molecule has 0 fully saturated rings. The van der Waals surface area contributed by atoms with Gasteiger partial charge in [-0.3, -0.25) is 0 Å². The fourth-order valence-corrected chi connectivity index (χ4v) is 1.55. The molecule has 0 radical (unpaired) electrons. The maximum atomic E-state index is 5.50. The second-order valence-electron chi connectivity index (χ2n) is 4.34. The zero-order valence-corrected chi connectivity index (χ0v) is 11.6. The molecule has 1 aromatic rings. The predicted molar refractivity (Wildman–Crippen MR) is 74.2 cm³/mol. The maximum Gasteiger partial charge on any atom is 0.168 e. The summed E-state index contributed by atoms with van der Waals surface area (Å²) in [6, 6.07) is 3.81. The average Bonchev–Trinajstić information content (AvgIpc) is 2.35. The standard InChI is InChI=1S/C14H24N2O2/c1-4-17-13-8-7-10-16-14(13)15-9-5-6-11-18-12(2)3/h7-8,10,12H,4-6,9,11H2,1-3H3,(H,15,16). The van der Waals surface area contributed by atoms with Crippen LogP contribution in [0.1, 0.15) is 33.6 Å². The Morgan fingerprint density at radius 2 is 2.17 bits per heavy atom. The minimum absolute atomic E-state index is 0.318. The van der Waals surface area contributed by atoms with Gasteiger partial charge in [-0.1, -0.05) is 0 Å². The number of aromatic nitrogens is 1. The molecule has 0 amide bonds. The van der Waals surface area contributed by atoms with Gasteiger partial charge in [0.1, 0.15) is 0 Å². The molecule has 1 heterocycles. The van der Waals surface area contributed by atoms with Gasteiger partial charge in [0.2, 0.25) is 0 Å². The van der Waals surface area contributed by atoms with Crippen molar-refractivity contribution >= 4 is 5.82 Å². The van der Waals surface area contributed by atoms with Crippen LogP contribution in [0, 0.1) is 0 Å². The van der Waals surface area contributed by atoms with E-state index in [1.165, 1.54) is 0 Å². The first-order valence-corrected chi connectivity index (χ1v) is 6.67. The number of hydrogen-bond donors (Lipinski definition) is 1. The second kappa shape index (κ2) is 8.75. The van der Waals surface area contributed by atoms with Gasteiger partial charge in [-0.25, -0.2) is 4.98 Å². The lowest BCUT2D eigenvalue weighted by molar-refractivity contribution is 0.0765. The number of nitrogens with one attached hydrogen (secondary N) is 1. The van der Waals surface area contributed by atoms with Crippen molar-refractivity contribution in [2.45, 2.75) is 39.7 Å². The topological polar surface area (TPSA) is 43.4 Å². The van der Waals surface area contributed by atoms with Gasteiger partial charge in [0.25, 0.3) is 0 Å². The normalized spacial score (nSPS) is 10.7. The highest BCUT2D eigenvalue weighted by Gasteiger charge is 2.02. The van der Waals surface area contributed by atoms with Crippen LogP contribution in [0.5, 0.6) is 5.75 Å². The van der Waals surface area contributed by atoms with Gasteiger partial charge >= 0.3 is 0 Å². The Morgan fingerprint density at radius 1 is 1.33 bits per heavy atom. The maximum absolute atomic E-state index is 5.50. The quantitative estimate of drug-likeness (QED) is 0.686. The molecule has 4 nitrogen and oxygen atoms in total. The van der Waals surface area contributed by atoms with Crippen LogP contribution in [0.2, 0.25) is 0 Å². The van der Waals surface area contributed by atoms with E-state index in [0.29, 0.717) is 12.7 Å². The molecule has 0 aliphatic rings. The van der Waals surface area contributed by atoms with Crippen molar-refractivity contribution in [1.29, 1.82) is 0 Å². The third-order valence-corrected chi connectivity index (χ3v) is 2.39. The Bertz CT molecular complexity index is 329. The van der Waals surface area contributed by atoms with Crippen molar-refractivity contribution in [2.24, 2.45) is 0 Å². The highest BCUT2D eigenvalue weighted by molar-refractivity contribution is 5.49. The third-order valence-electron chi connectivity index (χ3n) is 2.39. The molecule has 0 aliphatic heterocycles. The lowest BCUT2D eigenvalue weighted by Crippen LogP contribution is -2.08. The number of unbranched alkanes of at least 4 members (excludes halogenated alkanes) is 1. The average molecular weight is 252 g/mol. The van der Waals surface area contributed by atoms with E-state index in [2.05, 4.69) is 24.1 Å². The molecule has 0 aromatic carbocycles. The molecule has 1 N–H and O–H groups in total. The Hall–Kier alpha value is -1.29. The zero-order valence-electron chi connectivity index (χ0n) is 11.6. The highest BCUT2D eigenvalue weighted by Crippen LogP contribution is 2.20. The van der Waals surface area contributed by atoms with E-state index in [-0.39, 0.29) is 0 Å². The first kappa shape index (κ1) is 14.8. The monoisotopic (exact) mass is 252 g/mol. The van der Waals surface area contributed by atoms with E-state index in [9.17, 15) is 0 Å². The first-order valence-electron chi connectivity index (χ1n) is 6.67. The highest BCUT2D eigenvalue weighted by atomic mass is 16.5. The number of ether oxygens (including phenoxy) is 2. The van der Waals surface area contributed by atoms with E-state index in [1.807, 2.05) is 19.1 Å². The van der Waals surface area contributed by atoms with Crippen LogP contribution in [0.15, 0.2) is 18.3 Å². The summed E-state index contributed by atoms with van der Waals surface area (Å²) in [5, 5.41) is 3.29. The van der Waals surface area contributed by atoms with Crippen molar-refractivity contribution in [3.05, 3.63) is 18.3 Å². The van der Waals surface area contributed by atoms with Gasteiger partial charge in [0.15, 0.2) is 11.6 Å². The van der Waals surface area contributed by atoms with E-state index < -0.39 is 0 Å². The largest absolute Gasteiger partial charge is 0.490 e. The Balaban J connectivity index is 2.22. The predicted octanol–water partition coefficient (Wildman–Crippen LogP) is 3.10. The van der Waals surface area contributed by atoms with Crippen LogP contribution in [0.25, 0.3) is 0 Å². The van der Waals surface area contributed by atoms with Crippen molar-refractivity contribution in [2.75, 3.05) is 25.1 Å².